The molecule has 2 aromatic rings. The molecule has 0 saturated carbocycles. The lowest BCUT2D eigenvalue weighted by Gasteiger charge is -2.19. The fourth-order valence-electron chi connectivity index (χ4n) is 1.98. The summed E-state index contributed by atoms with van der Waals surface area (Å²) < 4.78 is 0. The smallest absolute Gasteiger partial charge is 0.248 e. The highest BCUT2D eigenvalue weighted by atomic mass is 16.6. The molecular weight excluding hydrogens is 264 g/mol. The van der Waals surface area contributed by atoms with E-state index in [1.165, 1.54) is 0 Å². The van der Waals surface area contributed by atoms with Crippen LogP contribution in [0.1, 0.15) is 24.1 Å². The number of benzene rings is 2. The lowest BCUT2D eigenvalue weighted by molar-refractivity contribution is -0.139. The number of hydrogen-bond donors (Lipinski definition) is 2. The highest BCUT2D eigenvalue weighted by molar-refractivity contribution is 5.78. The van der Waals surface area contributed by atoms with Gasteiger partial charge in [0.05, 0.1) is 12.5 Å². The van der Waals surface area contributed by atoms with Crippen molar-refractivity contribution in [3.8, 4) is 0 Å². The van der Waals surface area contributed by atoms with E-state index in [-0.39, 0.29) is 17.9 Å². The van der Waals surface area contributed by atoms with Gasteiger partial charge in [-0.05, 0) is 11.1 Å². The summed E-state index contributed by atoms with van der Waals surface area (Å²) in [5.74, 6) is -0.592. The second-order valence-corrected chi connectivity index (χ2v) is 4.97. The van der Waals surface area contributed by atoms with Gasteiger partial charge in [-0.25, -0.2) is 5.48 Å². The summed E-state index contributed by atoms with van der Waals surface area (Å²) in [6.45, 7) is 2.12. The van der Waals surface area contributed by atoms with Gasteiger partial charge in [-0.15, -0.1) is 0 Å². The predicted molar refractivity (Wildman–Crippen MR) is 81.9 cm³/mol. The van der Waals surface area contributed by atoms with Crippen LogP contribution in [0, 0.1) is 5.92 Å². The second kappa shape index (κ2) is 7.57. The monoisotopic (exact) mass is 284 g/mol. The Labute approximate surface area is 124 Å². The average molecular weight is 284 g/mol. The maximum atomic E-state index is 12.0. The van der Waals surface area contributed by atoms with Gasteiger partial charge in [0.2, 0.25) is 5.91 Å². The van der Waals surface area contributed by atoms with Crippen LogP contribution in [-0.4, -0.2) is 5.91 Å². The van der Waals surface area contributed by atoms with Gasteiger partial charge in [0.15, 0.2) is 0 Å². The predicted octanol–water partition coefficient (Wildman–Crippen LogP) is 2.57. The standard InChI is InChI=1S/C17H20N2O2/c1-13(16(18)15-10-6-3-7-11-15)17(20)19-21-12-14-8-4-2-5-9-14/h2-11,13,16H,12,18H2,1H3,(H,19,20). The molecule has 0 aliphatic heterocycles. The van der Waals surface area contributed by atoms with Crippen LogP contribution < -0.4 is 11.2 Å². The number of nitrogens with two attached hydrogens (primary N) is 1. The minimum absolute atomic E-state index is 0.220. The van der Waals surface area contributed by atoms with E-state index in [1.807, 2.05) is 60.7 Å². The highest BCUT2D eigenvalue weighted by Crippen LogP contribution is 2.19. The molecule has 21 heavy (non-hydrogen) atoms. The van der Waals surface area contributed by atoms with Crippen molar-refractivity contribution < 1.29 is 9.63 Å². The summed E-state index contributed by atoms with van der Waals surface area (Å²) in [5.41, 5.74) is 10.5. The Balaban J connectivity index is 1.82. The summed E-state index contributed by atoms with van der Waals surface area (Å²) in [6.07, 6.45) is 0. The molecule has 0 aliphatic carbocycles. The van der Waals surface area contributed by atoms with Crippen LogP contribution in [0.2, 0.25) is 0 Å². The maximum Gasteiger partial charge on any atom is 0.248 e. The molecule has 3 N–H and O–H groups in total. The minimum atomic E-state index is -0.372. The van der Waals surface area contributed by atoms with Gasteiger partial charge in [0.1, 0.15) is 0 Å². The fraction of sp³-hybridized carbons (Fsp3) is 0.235. The van der Waals surface area contributed by atoms with Gasteiger partial charge in [-0.1, -0.05) is 67.6 Å². The van der Waals surface area contributed by atoms with Crippen LogP contribution in [0.15, 0.2) is 60.7 Å². The molecule has 4 nitrogen and oxygen atoms in total. The molecule has 2 rings (SSSR count). The minimum Gasteiger partial charge on any atom is -0.323 e. The molecule has 0 saturated heterocycles. The SMILES string of the molecule is CC(C(=O)NOCc1ccccc1)C(N)c1ccccc1. The van der Waals surface area contributed by atoms with Gasteiger partial charge in [-0.3, -0.25) is 9.63 Å². The van der Waals surface area contributed by atoms with E-state index in [0.29, 0.717) is 6.61 Å². The average Bonchev–Trinajstić information content (AvgIpc) is 2.55. The third-order valence-electron chi connectivity index (χ3n) is 3.39. The van der Waals surface area contributed by atoms with E-state index in [2.05, 4.69) is 5.48 Å². The van der Waals surface area contributed by atoms with Gasteiger partial charge in [0, 0.05) is 6.04 Å². The van der Waals surface area contributed by atoms with Crippen LogP contribution in [0.25, 0.3) is 0 Å². The van der Waals surface area contributed by atoms with Crippen LogP contribution in [0.4, 0.5) is 0 Å². The molecule has 1 amide bonds. The second-order valence-electron chi connectivity index (χ2n) is 4.97. The third-order valence-corrected chi connectivity index (χ3v) is 3.39. The quantitative estimate of drug-likeness (QED) is 0.801. The van der Waals surface area contributed by atoms with Crippen molar-refractivity contribution in [3.05, 3.63) is 71.8 Å². The van der Waals surface area contributed by atoms with Crippen molar-refractivity contribution in [3.63, 3.8) is 0 Å². The van der Waals surface area contributed by atoms with E-state index in [9.17, 15) is 4.79 Å². The number of carbonyl (C=O) groups excluding carboxylic acids is 1. The Morgan fingerprint density at radius 1 is 1.10 bits per heavy atom. The third kappa shape index (κ3) is 4.41. The molecule has 0 spiro atoms. The van der Waals surface area contributed by atoms with E-state index in [0.717, 1.165) is 11.1 Å². The van der Waals surface area contributed by atoms with Gasteiger partial charge >= 0.3 is 0 Å². The van der Waals surface area contributed by atoms with E-state index < -0.39 is 0 Å². The van der Waals surface area contributed by atoms with Crippen molar-refractivity contribution in [1.82, 2.24) is 5.48 Å². The molecule has 2 unspecified atom stereocenters. The van der Waals surface area contributed by atoms with Crippen LogP contribution in [0.5, 0.6) is 0 Å². The number of amides is 1. The van der Waals surface area contributed by atoms with E-state index >= 15 is 0 Å². The zero-order valence-corrected chi connectivity index (χ0v) is 12.0. The molecule has 0 heterocycles. The molecule has 0 radical (unpaired) electrons. The number of carbonyl (C=O) groups is 1. The number of hydrogen-bond acceptors (Lipinski definition) is 3. The van der Waals surface area contributed by atoms with E-state index in [1.54, 1.807) is 6.92 Å². The summed E-state index contributed by atoms with van der Waals surface area (Å²) in [5, 5.41) is 0. The van der Waals surface area contributed by atoms with Crippen LogP contribution >= 0.6 is 0 Å². The first-order valence-electron chi connectivity index (χ1n) is 6.94. The Morgan fingerprint density at radius 2 is 1.67 bits per heavy atom. The van der Waals surface area contributed by atoms with Gasteiger partial charge in [-0.2, -0.15) is 0 Å². The summed E-state index contributed by atoms with van der Waals surface area (Å²) in [6, 6.07) is 18.9. The lowest BCUT2D eigenvalue weighted by atomic mass is 9.95. The highest BCUT2D eigenvalue weighted by Gasteiger charge is 2.22. The Morgan fingerprint density at radius 3 is 2.29 bits per heavy atom. The summed E-state index contributed by atoms with van der Waals surface area (Å²) in [4.78, 5) is 17.3. The maximum absolute atomic E-state index is 12.0. The van der Waals surface area contributed by atoms with Gasteiger partial charge in [0.25, 0.3) is 0 Å². The molecule has 0 fully saturated rings. The molecule has 0 bridgehead atoms. The largest absolute Gasteiger partial charge is 0.323 e. The Hall–Kier alpha value is -2.17. The van der Waals surface area contributed by atoms with Crippen molar-refractivity contribution in [1.29, 1.82) is 0 Å². The van der Waals surface area contributed by atoms with E-state index in [4.69, 9.17) is 10.6 Å². The van der Waals surface area contributed by atoms with Crippen molar-refractivity contribution in [2.45, 2.75) is 19.6 Å². The first kappa shape index (κ1) is 15.2. The zero-order valence-electron chi connectivity index (χ0n) is 12.0. The molecular formula is C17H20N2O2. The molecule has 4 heteroatoms. The summed E-state index contributed by atoms with van der Waals surface area (Å²) >= 11 is 0. The molecule has 0 aliphatic rings. The summed E-state index contributed by atoms with van der Waals surface area (Å²) in [7, 11) is 0. The number of rotatable bonds is 6. The molecule has 0 aromatic heterocycles. The molecule has 2 aromatic carbocycles. The first-order chi connectivity index (χ1) is 10.2. The zero-order chi connectivity index (χ0) is 15.1. The molecule has 2 atom stereocenters. The van der Waals surface area contributed by atoms with Crippen molar-refractivity contribution in [2.75, 3.05) is 0 Å². The van der Waals surface area contributed by atoms with Crippen LogP contribution in [0.3, 0.4) is 0 Å². The molecule has 110 valence electrons. The topological polar surface area (TPSA) is 64.3 Å². The normalized spacial score (nSPS) is 13.4. The van der Waals surface area contributed by atoms with Crippen molar-refractivity contribution >= 4 is 5.91 Å². The van der Waals surface area contributed by atoms with Gasteiger partial charge < -0.3 is 5.73 Å². The lowest BCUT2D eigenvalue weighted by Crippen LogP contribution is -2.35. The number of hydroxylamine groups is 1. The van der Waals surface area contributed by atoms with Crippen molar-refractivity contribution in [2.24, 2.45) is 11.7 Å². The Bertz CT molecular complexity index is 558. The Kier molecular flexibility index (Phi) is 5.49. The van der Waals surface area contributed by atoms with Crippen LogP contribution in [-0.2, 0) is 16.2 Å². The fourth-order valence-corrected chi connectivity index (χ4v) is 1.98. The number of nitrogens with one attached hydrogen (secondary N) is 1. The first-order valence-corrected chi connectivity index (χ1v) is 6.94.